The molecule has 0 radical (unpaired) electrons. The van der Waals surface area contributed by atoms with E-state index in [2.05, 4.69) is 6.19 Å². The van der Waals surface area contributed by atoms with E-state index in [9.17, 15) is 4.39 Å². The van der Waals surface area contributed by atoms with Crippen molar-refractivity contribution < 1.29 is 4.39 Å². The van der Waals surface area contributed by atoms with Crippen LogP contribution < -0.4 is 4.90 Å². The molecule has 0 N–H and O–H groups in total. The van der Waals surface area contributed by atoms with Crippen molar-refractivity contribution in [1.29, 1.82) is 5.26 Å². The second kappa shape index (κ2) is 4.18. The third-order valence-corrected chi connectivity index (χ3v) is 2.61. The second-order valence-corrected chi connectivity index (χ2v) is 3.53. The van der Waals surface area contributed by atoms with Gasteiger partial charge in [0.2, 0.25) is 0 Å². The Balaban J connectivity index is 2.08. The summed E-state index contributed by atoms with van der Waals surface area (Å²) in [6.07, 6.45) is 2.10. The van der Waals surface area contributed by atoms with E-state index < -0.39 is 0 Å². The van der Waals surface area contributed by atoms with Crippen molar-refractivity contribution in [2.75, 3.05) is 31.1 Å². The summed E-state index contributed by atoms with van der Waals surface area (Å²) >= 11 is 0. The van der Waals surface area contributed by atoms with Crippen molar-refractivity contribution in [2.45, 2.75) is 0 Å². The molecular weight excluding hydrogens is 193 g/mol. The number of piperazine rings is 1. The summed E-state index contributed by atoms with van der Waals surface area (Å²) in [5.74, 6) is -0.192. The summed E-state index contributed by atoms with van der Waals surface area (Å²) < 4.78 is 13.4. The van der Waals surface area contributed by atoms with Crippen LogP contribution in [0, 0.1) is 17.3 Å². The fourth-order valence-corrected chi connectivity index (χ4v) is 1.76. The van der Waals surface area contributed by atoms with Gasteiger partial charge in [-0.2, -0.15) is 5.26 Å². The van der Waals surface area contributed by atoms with Crippen molar-refractivity contribution in [3.05, 3.63) is 30.1 Å². The molecule has 1 aromatic carbocycles. The molecule has 1 saturated heterocycles. The molecular formula is C11H12FN3. The predicted octanol–water partition coefficient (Wildman–Crippen LogP) is 1.43. The first-order valence-electron chi connectivity index (χ1n) is 4.95. The predicted molar refractivity (Wildman–Crippen MR) is 55.8 cm³/mol. The Bertz CT molecular complexity index is 378. The molecule has 3 nitrogen and oxygen atoms in total. The Hall–Kier alpha value is -1.76. The Kier molecular flexibility index (Phi) is 2.72. The standard InChI is InChI=1S/C11H12FN3/c12-10-3-1-2-4-11(10)15-7-5-14(9-13)6-8-15/h1-4H,5-8H2. The molecule has 1 aliphatic rings. The van der Waals surface area contributed by atoms with Crippen LogP contribution in [0.2, 0.25) is 0 Å². The highest BCUT2D eigenvalue weighted by atomic mass is 19.1. The summed E-state index contributed by atoms with van der Waals surface area (Å²) in [5.41, 5.74) is 0.634. The van der Waals surface area contributed by atoms with Crippen LogP contribution in [0.4, 0.5) is 10.1 Å². The van der Waals surface area contributed by atoms with E-state index >= 15 is 0 Å². The molecule has 4 heteroatoms. The normalized spacial score (nSPS) is 16.3. The van der Waals surface area contributed by atoms with Crippen LogP contribution in [0.5, 0.6) is 0 Å². The lowest BCUT2D eigenvalue weighted by atomic mass is 10.2. The highest BCUT2D eigenvalue weighted by Crippen LogP contribution is 2.19. The van der Waals surface area contributed by atoms with Gasteiger partial charge < -0.3 is 9.80 Å². The fraction of sp³-hybridized carbons (Fsp3) is 0.364. The Morgan fingerprint density at radius 3 is 2.40 bits per heavy atom. The van der Waals surface area contributed by atoms with Crippen LogP contribution in [-0.2, 0) is 0 Å². The first kappa shape index (κ1) is 9.78. The minimum absolute atomic E-state index is 0.192. The van der Waals surface area contributed by atoms with Gasteiger partial charge in [-0.15, -0.1) is 0 Å². The maximum Gasteiger partial charge on any atom is 0.179 e. The molecule has 2 rings (SSSR count). The smallest absolute Gasteiger partial charge is 0.179 e. The van der Waals surface area contributed by atoms with Crippen LogP contribution >= 0.6 is 0 Å². The average molecular weight is 205 g/mol. The maximum atomic E-state index is 13.4. The van der Waals surface area contributed by atoms with Crippen molar-refractivity contribution in [3.8, 4) is 6.19 Å². The number of nitriles is 1. The zero-order chi connectivity index (χ0) is 10.7. The molecule has 1 aromatic rings. The molecule has 0 aromatic heterocycles. The summed E-state index contributed by atoms with van der Waals surface area (Å²) in [4.78, 5) is 3.67. The Morgan fingerprint density at radius 2 is 1.80 bits per heavy atom. The van der Waals surface area contributed by atoms with E-state index in [0.717, 1.165) is 0 Å². The molecule has 0 saturated carbocycles. The summed E-state index contributed by atoms with van der Waals surface area (Å²) in [7, 11) is 0. The molecule has 0 atom stereocenters. The van der Waals surface area contributed by atoms with E-state index in [1.807, 2.05) is 11.0 Å². The first-order valence-corrected chi connectivity index (χ1v) is 4.95. The molecule has 0 unspecified atom stereocenters. The van der Waals surface area contributed by atoms with Gasteiger partial charge in [0.25, 0.3) is 0 Å². The molecule has 1 aliphatic heterocycles. The third kappa shape index (κ3) is 2.01. The number of hydrogen-bond acceptors (Lipinski definition) is 3. The molecule has 1 heterocycles. The molecule has 78 valence electrons. The van der Waals surface area contributed by atoms with Gasteiger partial charge in [0.15, 0.2) is 6.19 Å². The summed E-state index contributed by atoms with van der Waals surface area (Å²) in [6.45, 7) is 2.75. The van der Waals surface area contributed by atoms with Crippen LogP contribution in [0.25, 0.3) is 0 Å². The van der Waals surface area contributed by atoms with Gasteiger partial charge in [0.05, 0.1) is 5.69 Å². The van der Waals surface area contributed by atoms with Gasteiger partial charge in [0, 0.05) is 26.2 Å². The highest BCUT2D eigenvalue weighted by molar-refractivity contribution is 5.48. The minimum atomic E-state index is -0.192. The molecule has 0 spiro atoms. The highest BCUT2D eigenvalue weighted by Gasteiger charge is 2.17. The van der Waals surface area contributed by atoms with Gasteiger partial charge >= 0.3 is 0 Å². The van der Waals surface area contributed by atoms with Gasteiger partial charge in [-0.1, -0.05) is 12.1 Å². The Morgan fingerprint density at radius 1 is 1.13 bits per heavy atom. The Labute approximate surface area is 88.3 Å². The number of nitrogens with zero attached hydrogens (tertiary/aromatic N) is 3. The zero-order valence-electron chi connectivity index (χ0n) is 8.36. The van der Waals surface area contributed by atoms with Crippen molar-refractivity contribution in [1.82, 2.24) is 4.90 Å². The monoisotopic (exact) mass is 205 g/mol. The SMILES string of the molecule is N#CN1CCN(c2ccccc2F)CC1. The topological polar surface area (TPSA) is 30.3 Å². The van der Waals surface area contributed by atoms with E-state index in [4.69, 9.17) is 5.26 Å². The number of rotatable bonds is 1. The molecule has 0 aliphatic carbocycles. The van der Waals surface area contributed by atoms with E-state index in [0.29, 0.717) is 31.9 Å². The number of para-hydroxylation sites is 1. The van der Waals surface area contributed by atoms with Crippen LogP contribution in [0.3, 0.4) is 0 Å². The largest absolute Gasteiger partial charge is 0.366 e. The molecule has 0 amide bonds. The minimum Gasteiger partial charge on any atom is -0.366 e. The van der Waals surface area contributed by atoms with E-state index in [1.165, 1.54) is 6.07 Å². The third-order valence-electron chi connectivity index (χ3n) is 2.61. The summed E-state index contributed by atoms with van der Waals surface area (Å²) in [6, 6.07) is 6.75. The summed E-state index contributed by atoms with van der Waals surface area (Å²) in [5, 5.41) is 8.69. The van der Waals surface area contributed by atoms with Crippen molar-refractivity contribution in [3.63, 3.8) is 0 Å². The lowest BCUT2D eigenvalue weighted by Gasteiger charge is -2.33. The number of hydrogen-bond donors (Lipinski definition) is 0. The van der Waals surface area contributed by atoms with Gasteiger partial charge in [-0.05, 0) is 12.1 Å². The maximum absolute atomic E-state index is 13.4. The zero-order valence-corrected chi connectivity index (χ0v) is 8.36. The number of benzene rings is 1. The van der Waals surface area contributed by atoms with Gasteiger partial charge in [-0.25, -0.2) is 4.39 Å². The van der Waals surface area contributed by atoms with E-state index in [1.54, 1.807) is 17.0 Å². The second-order valence-electron chi connectivity index (χ2n) is 3.53. The number of anilines is 1. The van der Waals surface area contributed by atoms with Crippen molar-refractivity contribution in [2.24, 2.45) is 0 Å². The first-order chi connectivity index (χ1) is 7.31. The lowest BCUT2D eigenvalue weighted by Crippen LogP contribution is -2.44. The number of halogens is 1. The molecule has 1 fully saturated rings. The average Bonchev–Trinajstić information content (AvgIpc) is 2.30. The van der Waals surface area contributed by atoms with E-state index in [-0.39, 0.29) is 5.82 Å². The fourth-order valence-electron chi connectivity index (χ4n) is 1.76. The quantitative estimate of drug-likeness (QED) is 0.650. The van der Waals surface area contributed by atoms with Crippen LogP contribution in [-0.4, -0.2) is 31.1 Å². The van der Waals surface area contributed by atoms with Crippen LogP contribution in [0.15, 0.2) is 24.3 Å². The molecule has 0 bridgehead atoms. The van der Waals surface area contributed by atoms with Gasteiger partial charge in [-0.3, -0.25) is 0 Å². The van der Waals surface area contributed by atoms with Crippen molar-refractivity contribution >= 4 is 5.69 Å². The molecule has 15 heavy (non-hydrogen) atoms. The van der Waals surface area contributed by atoms with Crippen LogP contribution in [0.1, 0.15) is 0 Å². The van der Waals surface area contributed by atoms with Gasteiger partial charge in [0.1, 0.15) is 5.82 Å². The lowest BCUT2D eigenvalue weighted by molar-refractivity contribution is 0.361.